The molecule has 1 aromatic carbocycles. The van der Waals surface area contributed by atoms with Gasteiger partial charge in [-0.25, -0.2) is 9.59 Å². The number of hydrogen-bond acceptors (Lipinski definition) is 6. The summed E-state index contributed by atoms with van der Waals surface area (Å²) in [7, 11) is 0. The highest BCUT2D eigenvalue weighted by Crippen LogP contribution is 2.41. The summed E-state index contributed by atoms with van der Waals surface area (Å²) in [5.41, 5.74) is 12.3. The number of amides is 3. The third-order valence-corrected chi connectivity index (χ3v) is 5.90. The minimum atomic E-state index is -0.959. The van der Waals surface area contributed by atoms with Crippen molar-refractivity contribution in [3.8, 4) is 16.2 Å². The van der Waals surface area contributed by atoms with Crippen LogP contribution >= 0.6 is 11.3 Å². The first kappa shape index (κ1) is 20.1. The van der Waals surface area contributed by atoms with E-state index in [1.165, 1.54) is 16.9 Å². The number of carbonyl (C=O) groups is 2. The number of carbonyl (C=O) groups excluding carboxylic acids is 2. The summed E-state index contributed by atoms with van der Waals surface area (Å²) < 4.78 is 10.4. The maximum atomic E-state index is 11.2. The minimum absolute atomic E-state index is 0.114. The van der Waals surface area contributed by atoms with Gasteiger partial charge in [-0.05, 0) is 25.0 Å². The van der Waals surface area contributed by atoms with Gasteiger partial charge in [-0.1, -0.05) is 24.3 Å². The van der Waals surface area contributed by atoms with E-state index in [0.29, 0.717) is 5.00 Å². The van der Waals surface area contributed by atoms with Crippen LogP contribution in [0.3, 0.4) is 0 Å². The number of hydrogen-bond donors (Lipinski definition) is 3. The van der Waals surface area contributed by atoms with Crippen molar-refractivity contribution in [2.45, 2.75) is 19.4 Å². The van der Waals surface area contributed by atoms with Gasteiger partial charge in [0.25, 0.3) is 0 Å². The van der Waals surface area contributed by atoms with Crippen molar-refractivity contribution < 1.29 is 19.1 Å². The summed E-state index contributed by atoms with van der Waals surface area (Å²) in [6, 6.07) is 9.09. The van der Waals surface area contributed by atoms with E-state index in [1.54, 1.807) is 6.07 Å². The van der Waals surface area contributed by atoms with Crippen LogP contribution in [-0.4, -0.2) is 43.3 Å². The SMILES string of the molecule is CC(C)(c1ccc(-c2cc(OC(N)=O)c(NC(N)=O)s2)cc1)N1CCOCC1. The molecule has 0 radical (unpaired) electrons. The standard InChI is InChI=1S/C19H24N4O4S/c1-19(2,23-7-9-26-10-8-23)13-5-3-12(4-6-13)15-11-14(27-18(21)25)16(28-15)22-17(20)24/h3-6,11H,7-10H2,1-2H3,(H2,21,25)(H3,20,22,24). The maximum Gasteiger partial charge on any atom is 0.410 e. The highest BCUT2D eigenvalue weighted by Gasteiger charge is 2.30. The second-order valence-electron chi connectivity index (χ2n) is 6.95. The smallest absolute Gasteiger partial charge is 0.407 e. The first-order chi connectivity index (χ1) is 13.3. The van der Waals surface area contributed by atoms with Gasteiger partial charge in [0.05, 0.1) is 13.2 Å². The molecule has 2 heterocycles. The lowest BCUT2D eigenvalue weighted by Gasteiger charge is -2.41. The van der Waals surface area contributed by atoms with Crippen LogP contribution in [0.25, 0.3) is 10.4 Å². The molecule has 0 atom stereocenters. The van der Waals surface area contributed by atoms with E-state index in [2.05, 4.69) is 36.2 Å². The summed E-state index contributed by atoms with van der Waals surface area (Å²) >= 11 is 1.25. The van der Waals surface area contributed by atoms with Crippen LogP contribution in [-0.2, 0) is 10.3 Å². The lowest BCUT2D eigenvalue weighted by molar-refractivity contribution is -0.0118. The molecule has 3 amide bonds. The molecule has 1 aromatic heterocycles. The number of morpholine rings is 1. The summed E-state index contributed by atoms with van der Waals surface area (Å²) in [5.74, 6) is 0.170. The van der Waals surface area contributed by atoms with Crippen LogP contribution in [0.2, 0.25) is 0 Å². The third-order valence-electron chi connectivity index (χ3n) is 4.82. The number of ether oxygens (including phenoxy) is 2. The second-order valence-corrected chi connectivity index (χ2v) is 8.00. The summed E-state index contributed by atoms with van der Waals surface area (Å²) in [6.45, 7) is 7.69. The number of primary amides is 2. The number of rotatable bonds is 5. The van der Waals surface area contributed by atoms with Gasteiger partial charge < -0.3 is 20.9 Å². The fourth-order valence-electron chi connectivity index (χ4n) is 3.25. The highest BCUT2D eigenvalue weighted by atomic mass is 32.1. The van der Waals surface area contributed by atoms with Gasteiger partial charge in [-0.3, -0.25) is 10.2 Å². The fourth-order valence-corrected chi connectivity index (χ4v) is 4.24. The number of benzene rings is 1. The van der Waals surface area contributed by atoms with Crippen LogP contribution in [0.5, 0.6) is 5.75 Å². The topological polar surface area (TPSA) is 120 Å². The zero-order valence-corrected chi connectivity index (χ0v) is 16.7. The van der Waals surface area contributed by atoms with Crippen molar-refractivity contribution in [2.75, 3.05) is 31.6 Å². The Hall–Kier alpha value is -2.62. The molecule has 8 nitrogen and oxygen atoms in total. The Kier molecular flexibility index (Phi) is 5.87. The molecule has 28 heavy (non-hydrogen) atoms. The summed E-state index contributed by atoms with van der Waals surface area (Å²) in [6.07, 6.45) is -0.959. The number of thiophene rings is 1. The summed E-state index contributed by atoms with van der Waals surface area (Å²) in [4.78, 5) is 25.5. The molecule has 150 valence electrons. The van der Waals surface area contributed by atoms with Crippen molar-refractivity contribution in [3.05, 3.63) is 35.9 Å². The molecule has 1 fully saturated rings. The van der Waals surface area contributed by atoms with Crippen LogP contribution < -0.4 is 21.5 Å². The Bertz CT molecular complexity index is 824. The van der Waals surface area contributed by atoms with E-state index < -0.39 is 12.1 Å². The first-order valence-electron chi connectivity index (χ1n) is 8.88. The van der Waals surface area contributed by atoms with Crippen molar-refractivity contribution in [3.63, 3.8) is 0 Å². The molecule has 1 aliphatic rings. The van der Waals surface area contributed by atoms with Gasteiger partial charge in [0.1, 0.15) is 5.00 Å². The van der Waals surface area contributed by atoms with E-state index >= 15 is 0 Å². The number of nitrogens with one attached hydrogen (secondary N) is 1. The van der Waals surface area contributed by atoms with Gasteiger partial charge >= 0.3 is 12.1 Å². The highest BCUT2D eigenvalue weighted by molar-refractivity contribution is 7.20. The summed E-state index contributed by atoms with van der Waals surface area (Å²) in [5, 5.41) is 2.79. The van der Waals surface area contributed by atoms with E-state index in [4.69, 9.17) is 20.9 Å². The molecular weight excluding hydrogens is 380 g/mol. The van der Waals surface area contributed by atoms with E-state index in [9.17, 15) is 9.59 Å². The molecule has 5 N–H and O–H groups in total. The molecule has 1 aliphatic heterocycles. The first-order valence-corrected chi connectivity index (χ1v) is 9.70. The Morgan fingerprint density at radius 2 is 1.82 bits per heavy atom. The molecular formula is C19H24N4O4S. The van der Waals surface area contributed by atoms with Crippen LogP contribution in [0.1, 0.15) is 19.4 Å². The molecule has 2 aromatic rings. The molecule has 3 rings (SSSR count). The molecule has 0 spiro atoms. The van der Waals surface area contributed by atoms with E-state index in [1.807, 2.05) is 12.1 Å². The lowest BCUT2D eigenvalue weighted by Crippen LogP contribution is -2.47. The Balaban J connectivity index is 1.85. The Labute approximate surface area is 167 Å². The van der Waals surface area contributed by atoms with E-state index in [0.717, 1.165) is 36.7 Å². The van der Waals surface area contributed by atoms with Gasteiger partial charge in [0, 0.05) is 29.6 Å². The number of urea groups is 1. The van der Waals surface area contributed by atoms with Gasteiger partial charge in [-0.2, -0.15) is 0 Å². The van der Waals surface area contributed by atoms with Crippen LogP contribution in [0, 0.1) is 0 Å². The second kappa shape index (κ2) is 8.17. The largest absolute Gasteiger partial charge is 0.410 e. The normalized spacial score (nSPS) is 15.2. The zero-order chi connectivity index (χ0) is 20.3. The lowest BCUT2D eigenvalue weighted by atomic mass is 9.91. The molecule has 1 saturated heterocycles. The minimum Gasteiger partial charge on any atom is -0.407 e. The quantitative estimate of drug-likeness (QED) is 0.708. The zero-order valence-electron chi connectivity index (χ0n) is 15.9. The molecule has 9 heteroatoms. The van der Waals surface area contributed by atoms with Gasteiger partial charge in [-0.15, -0.1) is 11.3 Å². The average Bonchev–Trinajstić information content (AvgIpc) is 3.03. The predicted octanol–water partition coefficient (Wildman–Crippen LogP) is 2.93. The van der Waals surface area contributed by atoms with Crippen LogP contribution in [0.4, 0.5) is 14.6 Å². The fraction of sp³-hybridized carbons (Fsp3) is 0.368. The monoisotopic (exact) mass is 404 g/mol. The third kappa shape index (κ3) is 4.44. The van der Waals surface area contributed by atoms with Crippen molar-refractivity contribution >= 4 is 28.5 Å². The predicted molar refractivity (Wildman–Crippen MR) is 109 cm³/mol. The number of anilines is 1. The van der Waals surface area contributed by atoms with Crippen molar-refractivity contribution in [1.29, 1.82) is 0 Å². The molecule has 0 unspecified atom stereocenters. The average molecular weight is 404 g/mol. The van der Waals surface area contributed by atoms with Gasteiger partial charge in [0.15, 0.2) is 5.75 Å². The Morgan fingerprint density at radius 1 is 1.18 bits per heavy atom. The van der Waals surface area contributed by atoms with Crippen molar-refractivity contribution in [1.82, 2.24) is 4.90 Å². The molecule has 0 saturated carbocycles. The van der Waals surface area contributed by atoms with Crippen molar-refractivity contribution in [2.24, 2.45) is 11.5 Å². The van der Waals surface area contributed by atoms with Gasteiger partial charge in [0.2, 0.25) is 0 Å². The van der Waals surface area contributed by atoms with Crippen LogP contribution in [0.15, 0.2) is 30.3 Å². The maximum absolute atomic E-state index is 11.2. The number of nitrogens with zero attached hydrogens (tertiary/aromatic N) is 1. The molecule has 0 aliphatic carbocycles. The van der Waals surface area contributed by atoms with E-state index in [-0.39, 0.29) is 11.3 Å². The number of nitrogens with two attached hydrogens (primary N) is 2. The Morgan fingerprint density at radius 3 is 2.39 bits per heavy atom. The molecule has 0 bridgehead atoms.